The Morgan fingerprint density at radius 2 is 1.89 bits per heavy atom. The Bertz CT molecular complexity index is 344. The molecule has 1 rings (SSSR count). The van der Waals surface area contributed by atoms with Gasteiger partial charge in [-0.2, -0.15) is 5.26 Å². The number of rotatable bonds is 6. The predicted octanol–water partition coefficient (Wildman–Crippen LogP) is 0.388. The third kappa shape index (κ3) is 5.71. The molecule has 1 aliphatic heterocycles. The van der Waals surface area contributed by atoms with E-state index in [-0.39, 0.29) is 24.7 Å². The molecule has 106 valence electrons. The van der Waals surface area contributed by atoms with Gasteiger partial charge < -0.3 is 9.64 Å². The molecule has 0 saturated carbocycles. The van der Waals surface area contributed by atoms with Crippen LogP contribution in [0.4, 0.5) is 0 Å². The molecular formula is C13H21N3O3. The molecule has 0 aromatic rings. The van der Waals surface area contributed by atoms with Gasteiger partial charge in [-0.15, -0.1) is 0 Å². The molecule has 0 atom stereocenters. The minimum absolute atomic E-state index is 0.00739. The van der Waals surface area contributed by atoms with Gasteiger partial charge in [0.05, 0.1) is 19.1 Å². The van der Waals surface area contributed by atoms with Gasteiger partial charge in [-0.05, 0) is 6.92 Å². The molecule has 0 bridgehead atoms. The molecule has 0 N–H and O–H groups in total. The molecule has 19 heavy (non-hydrogen) atoms. The average Bonchev–Trinajstić information content (AvgIpc) is 2.43. The third-order valence-corrected chi connectivity index (χ3v) is 3.11. The summed E-state index contributed by atoms with van der Waals surface area (Å²) in [4.78, 5) is 27.0. The van der Waals surface area contributed by atoms with Crippen molar-refractivity contribution in [1.82, 2.24) is 9.80 Å². The SMILES string of the molecule is CCOC(=O)CCC(=O)N1CCN(CCC#N)CC1. The molecule has 0 unspecified atom stereocenters. The van der Waals surface area contributed by atoms with E-state index in [0.29, 0.717) is 26.1 Å². The third-order valence-electron chi connectivity index (χ3n) is 3.11. The second kappa shape index (κ2) is 8.48. The molecule has 1 amide bonds. The summed E-state index contributed by atoms with van der Waals surface area (Å²) in [7, 11) is 0. The van der Waals surface area contributed by atoms with Gasteiger partial charge in [0.2, 0.25) is 5.91 Å². The number of amides is 1. The lowest BCUT2D eigenvalue weighted by Crippen LogP contribution is -2.48. The van der Waals surface area contributed by atoms with Gasteiger partial charge in [-0.25, -0.2) is 0 Å². The second-order valence-electron chi connectivity index (χ2n) is 4.44. The molecule has 1 aliphatic rings. The average molecular weight is 267 g/mol. The van der Waals surface area contributed by atoms with Gasteiger partial charge in [0.15, 0.2) is 0 Å². The Labute approximate surface area is 113 Å². The van der Waals surface area contributed by atoms with Crippen LogP contribution in [-0.4, -0.2) is 61.0 Å². The maximum Gasteiger partial charge on any atom is 0.306 e. The zero-order valence-electron chi connectivity index (χ0n) is 11.4. The molecular weight excluding hydrogens is 246 g/mol. The first-order chi connectivity index (χ1) is 9.17. The van der Waals surface area contributed by atoms with Crippen molar-refractivity contribution >= 4 is 11.9 Å². The summed E-state index contributed by atoms with van der Waals surface area (Å²) in [6.07, 6.45) is 0.898. The summed E-state index contributed by atoms with van der Waals surface area (Å²) in [6, 6.07) is 2.12. The minimum atomic E-state index is -0.316. The monoisotopic (exact) mass is 267 g/mol. The van der Waals surface area contributed by atoms with Crippen molar-refractivity contribution in [2.45, 2.75) is 26.2 Å². The maximum absolute atomic E-state index is 11.9. The van der Waals surface area contributed by atoms with Crippen LogP contribution in [-0.2, 0) is 14.3 Å². The Morgan fingerprint density at radius 1 is 1.21 bits per heavy atom. The summed E-state index contributed by atoms with van der Waals surface area (Å²) in [6.45, 7) is 5.81. The largest absolute Gasteiger partial charge is 0.466 e. The van der Waals surface area contributed by atoms with E-state index in [0.717, 1.165) is 19.6 Å². The van der Waals surface area contributed by atoms with Crippen molar-refractivity contribution in [1.29, 1.82) is 5.26 Å². The quantitative estimate of drug-likeness (QED) is 0.651. The first-order valence-corrected chi connectivity index (χ1v) is 6.70. The number of carbonyl (C=O) groups is 2. The fourth-order valence-corrected chi connectivity index (χ4v) is 2.03. The van der Waals surface area contributed by atoms with E-state index in [1.165, 1.54) is 0 Å². The number of esters is 1. The molecule has 6 heteroatoms. The standard InChI is InChI=1S/C13H21N3O3/c1-2-19-13(18)5-4-12(17)16-10-8-15(9-11-16)7-3-6-14/h2-5,7-11H2,1H3. The summed E-state index contributed by atoms with van der Waals surface area (Å²) in [5.41, 5.74) is 0. The zero-order valence-corrected chi connectivity index (χ0v) is 11.4. The van der Waals surface area contributed by atoms with E-state index < -0.39 is 0 Å². The van der Waals surface area contributed by atoms with Crippen molar-refractivity contribution < 1.29 is 14.3 Å². The lowest BCUT2D eigenvalue weighted by molar-refractivity contribution is -0.146. The summed E-state index contributed by atoms with van der Waals surface area (Å²) < 4.78 is 4.79. The van der Waals surface area contributed by atoms with Gasteiger partial charge in [0.1, 0.15) is 0 Å². The molecule has 0 aromatic carbocycles. The lowest BCUT2D eigenvalue weighted by Gasteiger charge is -2.34. The van der Waals surface area contributed by atoms with E-state index in [1.54, 1.807) is 11.8 Å². The highest BCUT2D eigenvalue weighted by Crippen LogP contribution is 2.06. The number of ether oxygens (including phenoxy) is 1. The van der Waals surface area contributed by atoms with Crippen LogP contribution >= 0.6 is 0 Å². The van der Waals surface area contributed by atoms with E-state index in [4.69, 9.17) is 10.00 Å². The van der Waals surface area contributed by atoms with Crippen molar-refractivity contribution in [3.8, 4) is 6.07 Å². The van der Waals surface area contributed by atoms with Crippen LogP contribution in [0.5, 0.6) is 0 Å². The summed E-state index contributed by atoms with van der Waals surface area (Å²) in [5, 5.41) is 8.52. The fraction of sp³-hybridized carbons (Fsp3) is 0.769. The number of carbonyl (C=O) groups excluding carboxylic acids is 2. The molecule has 0 radical (unpaired) electrons. The predicted molar refractivity (Wildman–Crippen MR) is 69.1 cm³/mol. The zero-order chi connectivity index (χ0) is 14.1. The molecule has 1 heterocycles. The summed E-state index contributed by atoms with van der Waals surface area (Å²) >= 11 is 0. The molecule has 0 spiro atoms. The first-order valence-electron chi connectivity index (χ1n) is 6.70. The van der Waals surface area contributed by atoms with Gasteiger partial charge in [0, 0.05) is 45.6 Å². The first kappa shape index (κ1) is 15.4. The molecule has 6 nitrogen and oxygen atoms in total. The molecule has 0 aliphatic carbocycles. The van der Waals surface area contributed by atoms with Gasteiger partial charge in [-0.1, -0.05) is 0 Å². The highest BCUT2D eigenvalue weighted by molar-refractivity contribution is 5.81. The van der Waals surface area contributed by atoms with Crippen molar-refractivity contribution in [3.05, 3.63) is 0 Å². The van der Waals surface area contributed by atoms with Crippen molar-refractivity contribution in [3.63, 3.8) is 0 Å². The summed E-state index contributed by atoms with van der Waals surface area (Å²) in [5.74, 6) is -0.309. The molecule has 1 saturated heterocycles. The van der Waals surface area contributed by atoms with Crippen LogP contribution in [0.1, 0.15) is 26.2 Å². The fourth-order valence-electron chi connectivity index (χ4n) is 2.03. The van der Waals surface area contributed by atoms with Crippen LogP contribution in [0, 0.1) is 11.3 Å². The van der Waals surface area contributed by atoms with Gasteiger partial charge in [-0.3, -0.25) is 14.5 Å². The van der Waals surface area contributed by atoms with Crippen molar-refractivity contribution in [2.24, 2.45) is 0 Å². The Kier molecular flexibility index (Phi) is 6.90. The minimum Gasteiger partial charge on any atom is -0.466 e. The van der Waals surface area contributed by atoms with Gasteiger partial charge >= 0.3 is 5.97 Å². The van der Waals surface area contributed by atoms with Gasteiger partial charge in [0.25, 0.3) is 0 Å². The Hall–Kier alpha value is -1.61. The number of piperazine rings is 1. The van der Waals surface area contributed by atoms with E-state index in [2.05, 4.69) is 11.0 Å². The molecule has 0 aromatic heterocycles. The number of hydrogen-bond acceptors (Lipinski definition) is 5. The smallest absolute Gasteiger partial charge is 0.306 e. The molecule has 1 fully saturated rings. The van der Waals surface area contributed by atoms with Crippen LogP contribution in [0.25, 0.3) is 0 Å². The van der Waals surface area contributed by atoms with Crippen LogP contribution in [0.15, 0.2) is 0 Å². The number of hydrogen-bond donors (Lipinski definition) is 0. The second-order valence-corrected chi connectivity index (χ2v) is 4.44. The van der Waals surface area contributed by atoms with E-state index >= 15 is 0 Å². The normalized spacial score (nSPS) is 15.9. The van der Waals surface area contributed by atoms with Crippen LogP contribution < -0.4 is 0 Å². The highest BCUT2D eigenvalue weighted by Gasteiger charge is 2.21. The van der Waals surface area contributed by atoms with Crippen LogP contribution in [0.3, 0.4) is 0 Å². The Balaban J connectivity index is 2.21. The van der Waals surface area contributed by atoms with E-state index in [9.17, 15) is 9.59 Å². The number of nitriles is 1. The topological polar surface area (TPSA) is 73.6 Å². The lowest BCUT2D eigenvalue weighted by atomic mass is 10.2. The number of nitrogens with zero attached hydrogens (tertiary/aromatic N) is 3. The van der Waals surface area contributed by atoms with Crippen LogP contribution in [0.2, 0.25) is 0 Å². The van der Waals surface area contributed by atoms with Crippen molar-refractivity contribution in [2.75, 3.05) is 39.3 Å². The Morgan fingerprint density at radius 3 is 2.47 bits per heavy atom. The highest BCUT2D eigenvalue weighted by atomic mass is 16.5. The van der Waals surface area contributed by atoms with E-state index in [1.807, 2.05) is 0 Å². The maximum atomic E-state index is 11.9.